The van der Waals surface area contributed by atoms with E-state index in [-0.39, 0.29) is 23.9 Å². The molecule has 2 aromatic heterocycles. The second kappa shape index (κ2) is 7.51. The Labute approximate surface area is 207 Å². The Hall–Kier alpha value is -2.48. The number of methoxy groups -OCH3 is 1. The highest BCUT2D eigenvalue weighted by Crippen LogP contribution is 2.78. The zero-order valence-electron chi connectivity index (χ0n) is 19.8. The number of thiazole rings is 1. The number of amides is 1. The van der Waals surface area contributed by atoms with Crippen molar-refractivity contribution in [3.63, 3.8) is 0 Å². The molecule has 4 heterocycles. The Bertz CT molecular complexity index is 1280. The van der Waals surface area contributed by atoms with Crippen molar-refractivity contribution in [1.82, 2.24) is 14.3 Å². The predicted octanol–water partition coefficient (Wildman–Crippen LogP) is 5.82. The number of ether oxygens (including phenoxy) is 1. The molecule has 1 spiro atoms. The average molecular weight is 498 g/mol. The second-order valence-electron chi connectivity index (χ2n) is 10.9. The SMILES string of the molecule is COc1ccc(-c2cn3c(CCC(=O)N4C5CCC4CC4(C5)C(C5CC5)C4(F)F)csc3n2)cc1. The first-order chi connectivity index (χ1) is 16.9. The molecule has 5 nitrogen and oxygen atoms in total. The van der Waals surface area contributed by atoms with Crippen molar-refractivity contribution in [2.75, 3.05) is 7.11 Å². The number of imidazole rings is 1. The maximum absolute atomic E-state index is 14.9. The van der Waals surface area contributed by atoms with Gasteiger partial charge in [-0.1, -0.05) is 0 Å². The molecule has 2 saturated carbocycles. The lowest BCUT2D eigenvalue weighted by Gasteiger charge is -2.40. The first-order valence-electron chi connectivity index (χ1n) is 12.7. The van der Waals surface area contributed by atoms with Gasteiger partial charge < -0.3 is 9.64 Å². The van der Waals surface area contributed by atoms with Gasteiger partial charge in [-0.15, -0.1) is 11.3 Å². The minimum absolute atomic E-state index is 0.00621. The maximum Gasteiger partial charge on any atom is 0.258 e. The summed E-state index contributed by atoms with van der Waals surface area (Å²) in [5, 5.41) is 2.07. The number of halogens is 2. The van der Waals surface area contributed by atoms with Crippen LogP contribution in [0.5, 0.6) is 5.75 Å². The first kappa shape index (κ1) is 21.8. The summed E-state index contributed by atoms with van der Waals surface area (Å²) in [7, 11) is 1.65. The number of alkyl halides is 2. The third kappa shape index (κ3) is 3.21. The molecule has 4 aliphatic rings. The number of piperidine rings is 1. The third-order valence-electron chi connectivity index (χ3n) is 9.03. The highest BCUT2D eigenvalue weighted by Gasteiger charge is 2.84. The third-order valence-corrected chi connectivity index (χ3v) is 9.92. The lowest BCUT2D eigenvalue weighted by Crippen LogP contribution is -2.48. The van der Waals surface area contributed by atoms with Crippen LogP contribution in [0.3, 0.4) is 0 Å². The molecular formula is C27H29F2N3O2S. The van der Waals surface area contributed by atoms with Crippen LogP contribution >= 0.6 is 11.3 Å². The summed E-state index contributed by atoms with van der Waals surface area (Å²) in [5.74, 6) is -1.79. The van der Waals surface area contributed by atoms with Crippen molar-refractivity contribution >= 4 is 22.2 Å². The van der Waals surface area contributed by atoms with Gasteiger partial charge in [-0.2, -0.15) is 0 Å². The Kier molecular flexibility index (Phi) is 4.67. The minimum Gasteiger partial charge on any atom is -0.497 e. The smallest absolute Gasteiger partial charge is 0.258 e. The zero-order chi connectivity index (χ0) is 23.9. The molecule has 1 amide bonds. The molecule has 3 atom stereocenters. The molecule has 1 aromatic carbocycles. The van der Waals surface area contributed by atoms with E-state index in [1.165, 1.54) is 0 Å². The number of fused-ring (bicyclic) bond motifs is 3. The molecule has 8 heteroatoms. The number of carbonyl (C=O) groups excluding carboxylic acids is 1. The van der Waals surface area contributed by atoms with Crippen molar-refractivity contribution in [2.45, 2.75) is 69.4 Å². The number of aromatic nitrogens is 2. The van der Waals surface area contributed by atoms with Gasteiger partial charge in [0.25, 0.3) is 5.92 Å². The molecule has 2 saturated heterocycles. The highest BCUT2D eigenvalue weighted by atomic mass is 32.1. The second-order valence-corrected chi connectivity index (χ2v) is 11.8. The number of rotatable bonds is 6. The zero-order valence-corrected chi connectivity index (χ0v) is 20.6. The van der Waals surface area contributed by atoms with E-state index in [0.29, 0.717) is 25.7 Å². The summed E-state index contributed by atoms with van der Waals surface area (Å²) < 4.78 is 37.0. The fourth-order valence-corrected chi connectivity index (χ4v) is 8.12. The first-order valence-corrected chi connectivity index (χ1v) is 13.6. The van der Waals surface area contributed by atoms with Crippen molar-refractivity contribution in [3.05, 3.63) is 41.5 Å². The van der Waals surface area contributed by atoms with Crippen LogP contribution in [0.15, 0.2) is 35.8 Å². The van der Waals surface area contributed by atoms with Gasteiger partial charge in [-0.25, -0.2) is 13.8 Å². The van der Waals surface area contributed by atoms with E-state index in [4.69, 9.17) is 9.72 Å². The molecule has 0 radical (unpaired) electrons. The van der Waals surface area contributed by atoms with Gasteiger partial charge in [0.15, 0.2) is 4.96 Å². The largest absolute Gasteiger partial charge is 0.497 e. The van der Waals surface area contributed by atoms with Crippen LogP contribution in [-0.4, -0.2) is 45.3 Å². The molecule has 2 aliphatic heterocycles. The van der Waals surface area contributed by atoms with E-state index in [1.807, 2.05) is 35.4 Å². The fraction of sp³-hybridized carbons (Fsp3) is 0.556. The maximum atomic E-state index is 14.9. The van der Waals surface area contributed by atoms with Gasteiger partial charge in [0.05, 0.1) is 12.8 Å². The number of nitrogens with zero attached hydrogens (tertiary/aromatic N) is 3. The van der Waals surface area contributed by atoms with Crippen LogP contribution in [0.2, 0.25) is 0 Å². The van der Waals surface area contributed by atoms with Crippen LogP contribution in [0.4, 0.5) is 8.78 Å². The normalized spacial score (nSPS) is 30.8. The molecule has 2 aliphatic carbocycles. The Balaban J connectivity index is 1.04. The van der Waals surface area contributed by atoms with E-state index in [1.54, 1.807) is 18.4 Å². The van der Waals surface area contributed by atoms with Gasteiger partial charge >= 0.3 is 0 Å². The number of hydrogen-bond donors (Lipinski definition) is 0. The van der Waals surface area contributed by atoms with Crippen LogP contribution < -0.4 is 4.74 Å². The number of benzene rings is 1. The summed E-state index contributed by atoms with van der Waals surface area (Å²) in [6.45, 7) is 0. The van der Waals surface area contributed by atoms with Gasteiger partial charge in [0, 0.05) is 52.7 Å². The Morgan fingerprint density at radius 3 is 2.51 bits per heavy atom. The molecule has 0 N–H and O–H groups in total. The van der Waals surface area contributed by atoms with Gasteiger partial charge in [0.1, 0.15) is 5.75 Å². The lowest BCUT2D eigenvalue weighted by atomic mass is 9.84. The average Bonchev–Trinajstić information content (AvgIpc) is 3.55. The number of hydrogen-bond acceptors (Lipinski definition) is 4. The summed E-state index contributed by atoms with van der Waals surface area (Å²) in [6.07, 6.45) is 7.73. The molecule has 3 unspecified atom stereocenters. The van der Waals surface area contributed by atoms with E-state index in [2.05, 4.69) is 9.78 Å². The number of carbonyl (C=O) groups is 1. The van der Waals surface area contributed by atoms with E-state index in [0.717, 1.165) is 53.3 Å². The summed E-state index contributed by atoms with van der Waals surface area (Å²) in [5.41, 5.74) is 2.16. The fourth-order valence-electron chi connectivity index (χ4n) is 7.21. The van der Waals surface area contributed by atoms with Crippen LogP contribution in [0.1, 0.15) is 50.6 Å². The molecule has 7 rings (SSSR count). The standard InChI is InChI=1S/C27H29F2N3O2S/c1-34-21-9-4-16(5-10-21)22-14-31-20(15-35-25(31)30-22)8-11-23(33)32-18-6-7-19(32)13-26(12-18)24(17-2-3-17)27(26,28)29/h4-5,9-10,14-15,17-19,24H,2-3,6-8,11-13H2,1H3. The summed E-state index contributed by atoms with van der Waals surface area (Å²) in [4.78, 5) is 20.9. The van der Waals surface area contributed by atoms with Crippen LogP contribution in [0.25, 0.3) is 16.2 Å². The van der Waals surface area contributed by atoms with Crippen molar-refractivity contribution in [1.29, 1.82) is 0 Å². The monoisotopic (exact) mass is 497 g/mol. The van der Waals surface area contributed by atoms with Gasteiger partial charge in [0.2, 0.25) is 5.91 Å². The van der Waals surface area contributed by atoms with Crippen molar-refractivity contribution < 1.29 is 18.3 Å². The minimum atomic E-state index is -2.52. The van der Waals surface area contributed by atoms with Crippen molar-refractivity contribution in [3.8, 4) is 17.0 Å². The predicted molar refractivity (Wildman–Crippen MR) is 130 cm³/mol. The Morgan fingerprint density at radius 2 is 1.86 bits per heavy atom. The molecular weight excluding hydrogens is 468 g/mol. The highest BCUT2D eigenvalue weighted by molar-refractivity contribution is 7.15. The van der Waals surface area contributed by atoms with Crippen molar-refractivity contribution in [2.24, 2.45) is 17.3 Å². The van der Waals surface area contributed by atoms with Gasteiger partial charge in [-0.05, 0) is 75.1 Å². The lowest BCUT2D eigenvalue weighted by molar-refractivity contribution is -0.138. The Morgan fingerprint density at radius 1 is 1.14 bits per heavy atom. The molecule has 2 bridgehead atoms. The molecule has 35 heavy (non-hydrogen) atoms. The molecule has 184 valence electrons. The topological polar surface area (TPSA) is 46.8 Å². The number of aryl methyl sites for hydroxylation is 1. The summed E-state index contributed by atoms with van der Waals surface area (Å²) >= 11 is 1.57. The molecule has 3 aromatic rings. The molecule has 4 fully saturated rings. The van der Waals surface area contributed by atoms with E-state index >= 15 is 0 Å². The van der Waals surface area contributed by atoms with E-state index < -0.39 is 17.3 Å². The van der Waals surface area contributed by atoms with Crippen LogP contribution in [0, 0.1) is 17.3 Å². The van der Waals surface area contributed by atoms with Gasteiger partial charge in [-0.3, -0.25) is 9.20 Å². The summed E-state index contributed by atoms with van der Waals surface area (Å²) in [6, 6.07) is 7.81. The van der Waals surface area contributed by atoms with E-state index in [9.17, 15) is 13.6 Å². The van der Waals surface area contributed by atoms with Crippen LogP contribution in [-0.2, 0) is 11.2 Å². The quantitative estimate of drug-likeness (QED) is 0.431.